The molecule has 0 fully saturated rings. The molecule has 0 saturated heterocycles. The third kappa shape index (κ3) is 5.11. The van der Waals surface area contributed by atoms with E-state index in [9.17, 15) is 22.7 Å². The Morgan fingerprint density at radius 2 is 2.00 bits per heavy atom. The molecule has 0 bridgehead atoms. The Morgan fingerprint density at radius 3 is 2.56 bits per heavy atom. The summed E-state index contributed by atoms with van der Waals surface area (Å²) in [7, 11) is -4.10. The number of rotatable bonds is 6. The summed E-state index contributed by atoms with van der Waals surface area (Å²) in [5.41, 5.74) is 0.220. The van der Waals surface area contributed by atoms with Gasteiger partial charge < -0.3 is 10.4 Å². The van der Waals surface area contributed by atoms with E-state index < -0.39 is 33.4 Å². The van der Waals surface area contributed by atoms with E-state index in [0.717, 1.165) is 10.0 Å². The number of pyridine rings is 1. The smallest absolute Gasteiger partial charge is 0.404 e. The Hall–Kier alpha value is -2.91. The van der Waals surface area contributed by atoms with Crippen LogP contribution in [0.5, 0.6) is 0 Å². The highest BCUT2D eigenvalue weighted by Gasteiger charge is 2.29. The predicted octanol–water partition coefficient (Wildman–Crippen LogP) is 4.80. The van der Waals surface area contributed by atoms with Crippen LogP contribution in [-0.2, 0) is 16.4 Å². The van der Waals surface area contributed by atoms with Gasteiger partial charge in [-0.2, -0.15) is 0 Å². The molecule has 1 atom stereocenters. The summed E-state index contributed by atoms with van der Waals surface area (Å²) in [6.07, 6.45) is 3.06. The molecule has 0 radical (unpaired) electrons. The number of amides is 1. The van der Waals surface area contributed by atoms with Crippen molar-refractivity contribution in [1.29, 1.82) is 0 Å². The monoisotopic (exact) mass is 479 g/mol. The molecule has 2 heterocycles. The van der Waals surface area contributed by atoms with Crippen LogP contribution in [0.15, 0.2) is 59.9 Å². The number of benzene rings is 1. The number of nitrogens with zero attached hydrogens (tertiary/aromatic N) is 2. The first-order chi connectivity index (χ1) is 14.9. The van der Waals surface area contributed by atoms with Crippen LogP contribution in [0, 0.1) is 11.2 Å². The van der Waals surface area contributed by atoms with Gasteiger partial charge in [-0.1, -0.05) is 32.4 Å². The molecule has 1 unspecified atom stereocenters. The van der Waals surface area contributed by atoms with Crippen LogP contribution in [0.4, 0.5) is 9.18 Å². The van der Waals surface area contributed by atoms with E-state index in [4.69, 9.17) is 11.6 Å². The lowest BCUT2D eigenvalue weighted by Crippen LogP contribution is -2.44. The van der Waals surface area contributed by atoms with E-state index in [-0.39, 0.29) is 27.6 Å². The molecule has 3 aromatic rings. The van der Waals surface area contributed by atoms with Crippen molar-refractivity contribution in [3.8, 4) is 11.3 Å². The summed E-state index contributed by atoms with van der Waals surface area (Å²) in [6, 6.07) is 7.90. The van der Waals surface area contributed by atoms with Crippen molar-refractivity contribution >= 4 is 27.7 Å². The molecule has 2 aromatic heterocycles. The van der Waals surface area contributed by atoms with Gasteiger partial charge in [0.05, 0.1) is 5.69 Å². The van der Waals surface area contributed by atoms with Gasteiger partial charge in [-0.3, -0.25) is 4.98 Å². The molecular formula is C22H23ClFN3O4S. The van der Waals surface area contributed by atoms with Crippen molar-refractivity contribution in [2.45, 2.75) is 38.1 Å². The van der Waals surface area contributed by atoms with Crippen LogP contribution in [0.3, 0.4) is 0 Å². The van der Waals surface area contributed by atoms with Crippen molar-refractivity contribution in [1.82, 2.24) is 14.3 Å². The Kier molecular flexibility index (Phi) is 6.61. The third-order valence-electron chi connectivity index (χ3n) is 5.02. The van der Waals surface area contributed by atoms with Crippen molar-refractivity contribution in [2.75, 3.05) is 0 Å². The Balaban J connectivity index is 2.17. The number of hydrogen-bond acceptors (Lipinski definition) is 4. The average Bonchev–Trinajstić information content (AvgIpc) is 3.11. The first kappa shape index (κ1) is 23.7. The largest absolute Gasteiger partial charge is 0.465 e. The number of nitrogens with one attached hydrogen (secondary N) is 1. The topological polar surface area (TPSA) is 101 Å². The molecule has 3 rings (SSSR count). The minimum absolute atomic E-state index is 0.0478. The molecule has 2 N–H and O–H groups in total. The van der Waals surface area contributed by atoms with Gasteiger partial charge in [0.15, 0.2) is 0 Å². The first-order valence-corrected chi connectivity index (χ1v) is 11.5. The highest BCUT2D eigenvalue weighted by molar-refractivity contribution is 7.90. The Bertz CT molecular complexity index is 1240. The maximum absolute atomic E-state index is 14.7. The van der Waals surface area contributed by atoms with Crippen LogP contribution < -0.4 is 5.32 Å². The summed E-state index contributed by atoms with van der Waals surface area (Å²) >= 11 is 5.87. The van der Waals surface area contributed by atoms with Crippen LogP contribution in [-0.4, -0.2) is 34.6 Å². The SMILES string of the molecule is CC(C)(C)C(Cc1cc(-c2ccc(Cl)cc2F)n(S(=O)(=O)c2cccnc2)c1)NC(=O)O. The lowest BCUT2D eigenvalue weighted by molar-refractivity contribution is 0.174. The average molecular weight is 480 g/mol. The number of carbonyl (C=O) groups is 1. The molecule has 1 amide bonds. The lowest BCUT2D eigenvalue weighted by Gasteiger charge is -2.30. The molecule has 0 saturated carbocycles. The molecule has 0 aliphatic rings. The lowest BCUT2D eigenvalue weighted by atomic mass is 9.83. The minimum atomic E-state index is -4.10. The van der Waals surface area contributed by atoms with Gasteiger partial charge in [-0.25, -0.2) is 21.6 Å². The quantitative estimate of drug-likeness (QED) is 0.528. The van der Waals surface area contributed by atoms with Crippen LogP contribution in [0.25, 0.3) is 11.3 Å². The summed E-state index contributed by atoms with van der Waals surface area (Å²) in [5.74, 6) is -0.680. The van der Waals surface area contributed by atoms with Gasteiger partial charge in [0.2, 0.25) is 0 Å². The summed E-state index contributed by atoms with van der Waals surface area (Å²) in [5, 5.41) is 11.9. The van der Waals surface area contributed by atoms with E-state index in [1.807, 2.05) is 20.8 Å². The second-order valence-electron chi connectivity index (χ2n) is 8.42. The first-order valence-electron chi connectivity index (χ1n) is 9.71. The number of hydrogen-bond donors (Lipinski definition) is 2. The fraction of sp³-hybridized carbons (Fsp3) is 0.273. The summed E-state index contributed by atoms with van der Waals surface area (Å²) < 4.78 is 42.4. The van der Waals surface area contributed by atoms with Gasteiger partial charge in [-0.15, -0.1) is 0 Å². The summed E-state index contributed by atoms with van der Waals surface area (Å²) in [4.78, 5) is 15.1. The Labute approximate surface area is 190 Å². The van der Waals surface area contributed by atoms with E-state index in [1.165, 1.54) is 42.9 Å². The zero-order valence-corrected chi connectivity index (χ0v) is 19.3. The molecule has 0 aliphatic carbocycles. The van der Waals surface area contributed by atoms with E-state index in [0.29, 0.717) is 5.56 Å². The van der Waals surface area contributed by atoms with Gasteiger partial charge in [0, 0.05) is 35.2 Å². The van der Waals surface area contributed by atoms with Gasteiger partial charge in [-0.05, 0) is 53.8 Å². The third-order valence-corrected chi connectivity index (χ3v) is 6.92. The second-order valence-corrected chi connectivity index (χ2v) is 10.7. The summed E-state index contributed by atoms with van der Waals surface area (Å²) in [6.45, 7) is 5.62. The highest BCUT2D eigenvalue weighted by atomic mass is 35.5. The second kappa shape index (κ2) is 8.91. The number of carboxylic acid groups (broad SMARTS) is 1. The zero-order chi connectivity index (χ0) is 23.7. The zero-order valence-electron chi connectivity index (χ0n) is 17.7. The van der Waals surface area contributed by atoms with Crippen molar-refractivity contribution in [2.24, 2.45) is 5.41 Å². The van der Waals surface area contributed by atoms with Gasteiger partial charge in [0.1, 0.15) is 10.7 Å². The maximum Gasteiger partial charge on any atom is 0.404 e. The molecule has 32 heavy (non-hydrogen) atoms. The van der Waals surface area contributed by atoms with E-state index >= 15 is 0 Å². The van der Waals surface area contributed by atoms with Crippen molar-refractivity contribution < 1.29 is 22.7 Å². The van der Waals surface area contributed by atoms with Crippen molar-refractivity contribution in [3.05, 3.63) is 71.4 Å². The minimum Gasteiger partial charge on any atom is -0.465 e. The fourth-order valence-electron chi connectivity index (χ4n) is 3.27. The normalized spacial score (nSPS) is 13.0. The number of halogens is 2. The van der Waals surface area contributed by atoms with Crippen LogP contribution in [0.1, 0.15) is 26.3 Å². The van der Waals surface area contributed by atoms with Gasteiger partial charge in [0.25, 0.3) is 10.0 Å². The van der Waals surface area contributed by atoms with Crippen LogP contribution >= 0.6 is 11.6 Å². The standard InChI is InChI=1S/C22H23ClFN3O4S/c1-22(2,3)20(26-21(28)29)10-14-9-19(17-7-6-15(23)11-18(17)24)27(13-14)32(30,31)16-5-4-8-25-12-16/h4-9,11-13,20,26H,10H2,1-3H3,(H,28,29). The molecule has 1 aromatic carbocycles. The molecule has 7 nitrogen and oxygen atoms in total. The number of aromatic nitrogens is 2. The molecular weight excluding hydrogens is 457 g/mol. The molecule has 0 aliphatic heterocycles. The van der Waals surface area contributed by atoms with Crippen molar-refractivity contribution in [3.63, 3.8) is 0 Å². The van der Waals surface area contributed by atoms with Crippen LogP contribution in [0.2, 0.25) is 5.02 Å². The highest BCUT2D eigenvalue weighted by Crippen LogP contribution is 2.32. The van der Waals surface area contributed by atoms with Gasteiger partial charge >= 0.3 is 6.09 Å². The van der Waals surface area contributed by atoms with E-state index in [2.05, 4.69) is 10.3 Å². The fourth-order valence-corrected chi connectivity index (χ4v) is 4.79. The predicted molar refractivity (Wildman–Crippen MR) is 120 cm³/mol. The Morgan fingerprint density at radius 1 is 1.28 bits per heavy atom. The van der Waals surface area contributed by atoms with E-state index in [1.54, 1.807) is 6.07 Å². The molecule has 170 valence electrons. The molecule has 0 spiro atoms. The maximum atomic E-state index is 14.7. The molecule has 10 heteroatoms.